The van der Waals surface area contributed by atoms with Crippen LogP contribution in [0.15, 0.2) is 28.8 Å². The van der Waals surface area contributed by atoms with Crippen LogP contribution in [-0.4, -0.2) is 54.5 Å². The molecule has 0 radical (unpaired) electrons. The monoisotopic (exact) mass is 401 g/mol. The highest BCUT2D eigenvalue weighted by atomic mass is 16.7. The fraction of sp³-hybridized carbons (Fsp3) is 0.450. The van der Waals surface area contributed by atoms with Crippen LogP contribution in [0.5, 0.6) is 11.5 Å². The normalized spacial score (nSPS) is 17.3. The van der Waals surface area contributed by atoms with Gasteiger partial charge in [0, 0.05) is 31.3 Å². The Balaban J connectivity index is 1.53. The van der Waals surface area contributed by atoms with Gasteiger partial charge < -0.3 is 29.0 Å². The van der Waals surface area contributed by atoms with Crippen molar-refractivity contribution in [1.29, 1.82) is 0 Å². The lowest BCUT2D eigenvalue weighted by molar-refractivity contribution is 0.0486. The van der Waals surface area contributed by atoms with Gasteiger partial charge in [0.15, 0.2) is 23.0 Å². The highest BCUT2D eigenvalue weighted by molar-refractivity contribution is 5.95. The summed E-state index contributed by atoms with van der Waals surface area (Å²) in [5, 5.41) is 6.48. The van der Waals surface area contributed by atoms with Crippen LogP contribution in [-0.2, 0) is 11.3 Å². The molecule has 1 atom stereocenters. The number of carbonyl (C=O) groups excluding carboxylic acids is 2. The number of hydrogen-bond donors (Lipinski definition) is 1. The van der Waals surface area contributed by atoms with E-state index < -0.39 is 0 Å². The molecule has 9 heteroatoms. The summed E-state index contributed by atoms with van der Waals surface area (Å²) in [5.74, 6) is 1.10. The zero-order valence-electron chi connectivity index (χ0n) is 16.2. The van der Waals surface area contributed by atoms with Crippen molar-refractivity contribution in [2.24, 2.45) is 0 Å². The van der Waals surface area contributed by atoms with Gasteiger partial charge in [-0.05, 0) is 38.0 Å². The Morgan fingerprint density at radius 3 is 2.90 bits per heavy atom. The van der Waals surface area contributed by atoms with Gasteiger partial charge in [0.25, 0.3) is 11.8 Å². The third-order valence-corrected chi connectivity index (χ3v) is 4.83. The van der Waals surface area contributed by atoms with Gasteiger partial charge in [-0.3, -0.25) is 9.59 Å². The van der Waals surface area contributed by atoms with Crippen LogP contribution < -0.4 is 14.8 Å². The lowest BCUT2D eigenvalue weighted by Gasteiger charge is -2.24. The number of amides is 2. The predicted octanol–water partition coefficient (Wildman–Crippen LogP) is 1.97. The van der Waals surface area contributed by atoms with E-state index in [-0.39, 0.29) is 36.9 Å². The molecule has 4 rings (SSSR count). The molecule has 3 heterocycles. The van der Waals surface area contributed by atoms with Crippen LogP contribution in [0.3, 0.4) is 0 Å². The Bertz CT molecular complexity index is 890. The topological polar surface area (TPSA) is 103 Å². The molecule has 2 amide bonds. The second-order valence-corrected chi connectivity index (χ2v) is 6.93. The fourth-order valence-corrected chi connectivity index (χ4v) is 3.40. The minimum Gasteiger partial charge on any atom is -0.454 e. The number of carbonyl (C=O) groups is 2. The van der Waals surface area contributed by atoms with Crippen LogP contribution in [0.2, 0.25) is 0 Å². The first-order chi connectivity index (χ1) is 14.1. The summed E-state index contributed by atoms with van der Waals surface area (Å²) >= 11 is 0. The molecule has 1 unspecified atom stereocenters. The highest BCUT2D eigenvalue weighted by Gasteiger charge is 2.26. The molecule has 1 N–H and O–H groups in total. The molecule has 0 aliphatic carbocycles. The molecule has 29 heavy (non-hydrogen) atoms. The molecule has 0 spiro atoms. The van der Waals surface area contributed by atoms with Crippen molar-refractivity contribution in [3.63, 3.8) is 0 Å². The Hall–Kier alpha value is -3.07. The van der Waals surface area contributed by atoms with Crippen molar-refractivity contribution < 1.29 is 28.3 Å². The van der Waals surface area contributed by atoms with E-state index in [2.05, 4.69) is 10.5 Å². The van der Waals surface area contributed by atoms with E-state index in [4.69, 9.17) is 18.7 Å². The van der Waals surface area contributed by atoms with Crippen molar-refractivity contribution in [2.75, 3.05) is 26.5 Å². The van der Waals surface area contributed by atoms with Gasteiger partial charge in [-0.15, -0.1) is 0 Å². The second kappa shape index (κ2) is 8.52. The van der Waals surface area contributed by atoms with Gasteiger partial charge in [0.1, 0.15) is 0 Å². The smallest absolute Gasteiger partial charge is 0.273 e. The van der Waals surface area contributed by atoms with E-state index in [1.807, 2.05) is 6.92 Å². The summed E-state index contributed by atoms with van der Waals surface area (Å²) < 4.78 is 21.7. The van der Waals surface area contributed by atoms with Gasteiger partial charge in [0.05, 0.1) is 12.6 Å². The Morgan fingerprint density at radius 2 is 2.10 bits per heavy atom. The van der Waals surface area contributed by atoms with Gasteiger partial charge in [0.2, 0.25) is 6.79 Å². The Kier molecular flexibility index (Phi) is 5.66. The maximum atomic E-state index is 13.2. The van der Waals surface area contributed by atoms with Gasteiger partial charge in [-0.2, -0.15) is 0 Å². The number of benzene rings is 1. The van der Waals surface area contributed by atoms with Crippen molar-refractivity contribution in [1.82, 2.24) is 15.4 Å². The first-order valence-electron chi connectivity index (χ1n) is 9.68. The number of ether oxygens (including phenoxy) is 3. The predicted molar refractivity (Wildman–Crippen MR) is 101 cm³/mol. The maximum absolute atomic E-state index is 13.2. The summed E-state index contributed by atoms with van der Waals surface area (Å²) in [6.07, 6.45) is 1.84. The molecule has 1 aromatic carbocycles. The first-order valence-corrected chi connectivity index (χ1v) is 9.68. The first kappa shape index (κ1) is 19.3. The maximum Gasteiger partial charge on any atom is 0.273 e. The lowest BCUT2D eigenvalue weighted by Crippen LogP contribution is -2.36. The van der Waals surface area contributed by atoms with Crippen molar-refractivity contribution in [2.45, 2.75) is 32.4 Å². The molecule has 9 nitrogen and oxygen atoms in total. The average Bonchev–Trinajstić information content (AvgIpc) is 3.48. The molecule has 0 saturated carbocycles. The molecule has 2 aliphatic rings. The molecule has 154 valence electrons. The van der Waals surface area contributed by atoms with Crippen molar-refractivity contribution >= 4 is 11.8 Å². The third-order valence-electron chi connectivity index (χ3n) is 4.83. The van der Waals surface area contributed by atoms with Gasteiger partial charge >= 0.3 is 0 Å². The zero-order valence-corrected chi connectivity index (χ0v) is 16.2. The minimum atomic E-state index is -0.310. The molecule has 1 fully saturated rings. The standard InChI is InChI=1S/C20H23N3O6/c1-2-21-19(24)16-9-15(29-22-16)11-23(10-14-4-3-7-26-14)20(25)13-5-6-17-18(8-13)28-12-27-17/h5-6,8-9,14H,2-4,7,10-12H2,1H3,(H,21,24). The zero-order chi connectivity index (χ0) is 20.2. The summed E-state index contributed by atoms with van der Waals surface area (Å²) in [5.41, 5.74) is 0.671. The fourth-order valence-electron chi connectivity index (χ4n) is 3.40. The molecular weight excluding hydrogens is 378 g/mol. The quantitative estimate of drug-likeness (QED) is 0.757. The number of rotatable bonds is 7. The molecule has 2 aromatic rings. The number of fused-ring (bicyclic) bond motifs is 1. The molecular formula is C20H23N3O6. The van der Waals surface area contributed by atoms with E-state index in [1.54, 1.807) is 29.2 Å². The summed E-state index contributed by atoms with van der Waals surface area (Å²) in [6.45, 7) is 3.76. The number of nitrogens with zero attached hydrogens (tertiary/aromatic N) is 2. The number of aromatic nitrogens is 1. The van der Waals surface area contributed by atoms with Crippen LogP contribution >= 0.6 is 0 Å². The Morgan fingerprint density at radius 1 is 1.24 bits per heavy atom. The van der Waals surface area contributed by atoms with Gasteiger partial charge in [-0.25, -0.2) is 0 Å². The SMILES string of the molecule is CCNC(=O)c1cc(CN(CC2CCCO2)C(=O)c2ccc3c(c2)OCO3)on1. The molecule has 0 bridgehead atoms. The number of hydrogen-bond acceptors (Lipinski definition) is 7. The van der Waals surface area contributed by atoms with E-state index in [0.29, 0.717) is 42.5 Å². The minimum absolute atomic E-state index is 0.0289. The van der Waals surface area contributed by atoms with E-state index in [9.17, 15) is 9.59 Å². The number of nitrogens with one attached hydrogen (secondary N) is 1. The van der Waals surface area contributed by atoms with E-state index in [1.165, 1.54) is 0 Å². The van der Waals surface area contributed by atoms with Gasteiger partial charge in [-0.1, -0.05) is 5.16 Å². The van der Waals surface area contributed by atoms with Crippen LogP contribution in [0.1, 0.15) is 46.4 Å². The largest absolute Gasteiger partial charge is 0.454 e. The molecule has 2 aliphatic heterocycles. The molecule has 1 saturated heterocycles. The van der Waals surface area contributed by atoms with Crippen LogP contribution in [0.25, 0.3) is 0 Å². The average molecular weight is 401 g/mol. The van der Waals surface area contributed by atoms with Crippen molar-refractivity contribution in [3.05, 3.63) is 41.3 Å². The third kappa shape index (κ3) is 4.34. The van der Waals surface area contributed by atoms with E-state index in [0.717, 1.165) is 12.8 Å². The van der Waals surface area contributed by atoms with E-state index >= 15 is 0 Å². The second-order valence-electron chi connectivity index (χ2n) is 6.93. The van der Waals surface area contributed by atoms with Crippen molar-refractivity contribution in [3.8, 4) is 11.5 Å². The summed E-state index contributed by atoms with van der Waals surface area (Å²) in [7, 11) is 0. The molecule has 1 aromatic heterocycles. The highest BCUT2D eigenvalue weighted by Crippen LogP contribution is 2.33. The van der Waals surface area contributed by atoms with Crippen LogP contribution in [0.4, 0.5) is 0 Å². The lowest BCUT2D eigenvalue weighted by atomic mass is 10.1. The Labute approximate surface area is 167 Å². The summed E-state index contributed by atoms with van der Waals surface area (Å²) in [4.78, 5) is 26.8. The summed E-state index contributed by atoms with van der Waals surface area (Å²) in [6, 6.07) is 6.66. The van der Waals surface area contributed by atoms with Crippen LogP contribution in [0, 0.1) is 0 Å².